The maximum atomic E-state index is 11.1. The standard InChI is InChI=1S/C11H12N2O4S/c1-17-5-8(14)4-7-2-3-9-10(12-6-18-9)11(7)13(15)16/h2-3,6,8,14H,4-5H2,1H3. The quantitative estimate of drug-likeness (QED) is 0.659. The first-order valence-electron chi connectivity index (χ1n) is 5.30. The summed E-state index contributed by atoms with van der Waals surface area (Å²) in [6, 6.07) is 3.45. The molecular formula is C11H12N2O4S. The second-order valence-electron chi connectivity index (χ2n) is 3.84. The molecule has 0 radical (unpaired) electrons. The van der Waals surface area contributed by atoms with Gasteiger partial charge in [-0.25, -0.2) is 4.98 Å². The number of hydrogen-bond acceptors (Lipinski definition) is 6. The molecule has 6 nitrogen and oxygen atoms in total. The lowest BCUT2D eigenvalue weighted by Gasteiger charge is -2.09. The molecule has 0 aliphatic heterocycles. The first-order valence-corrected chi connectivity index (χ1v) is 6.18. The number of aromatic nitrogens is 1. The van der Waals surface area contributed by atoms with Crippen LogP contribution in [-0.4, -0.2) is 34.8 Å². The number of aliphatic hydroxyl groups is 1. The summed E-state index contributed by atoms with van der Waals surface area (Å²) in [5.74, 6) is 0. The Hall–Kier alpha value is -1.57. The Balaban J connectivity index is 2.43. The average Bonchev–Trinajstić information content (AvgIpc) is 2.76. The molecule has 0 bridgehead atoms. The van der Waals surface area contributed by atoms with Gasteiger partial charge in [0.15, 0.2) is 5.52 Å². The average molecular weight is 268 g/mol. The molecule has 1 aromatic carbocycles. The summed E-state index contributed by atoms with van der Waals surface area (Å²) in [5.41, 5.74) is 2.41. The van der Waals surface area contributed by atoms with E-state index in [4.69, 9.17) is 4.74 Å². The molecule has 0 spiro atoms. The van der Waals surface area contributed by atoms with E-state index >= 15 is 0 Å². The monoisotopic (exact) mass is 268 g/mol. The number of rotatable bonds is 5. The Morgan fingerprint density at radius 3 is 3.06 bits per heavy atom. The molecule has 0 aliphatic carbocycles. The van der Waals surface area contributed by atoms with Gasteiger partial charge in [0.1, 0.15) is 0 Å². The maximum Gasteiger partial charge on any atom is 0.299 e. The highest BCUT2D eigenvalue weighted by Crippen LogP contribution is 2.31. The smallest absolute Gasteiger partial charge is 0.299 e. The maximum absolute atomic E-state index is 11.1. The van der Waals surface area contributed by atoms with Crippen LogP contribution >= 0.6 is 11.3 Å². The molecule has 0 amide bonds. The van der Waals surface area contributed by atoms with Crippen LogP contribution in [-0.2, 0) is 11.2 Å². The van der Waals surface area contributed by atoms with Gasteiger partial charge in [0.25, 0.3) is 5.69 Å². The van der Waals surface area contributed by atoms with Crippen LogP contribution in [0.4, 0.5) is 5.69 Å². The van der Waals surface area contributed by atoms with Crippen LogP contribution in [0.2, 0.25) is 0 Å². The molecule has 7 heteroatoms. The van der Waals surface area contributed by atoms with Crippen LogP contribution in [0.25, 0.3) is 10.2 Å². The number of aliphatic hydroxyl groups excluding tert-OH is 1. The van der Waals surface area contributed by atoms with E-state index in [1.807, 2.05) is 0 Å². The molecule has 0 fully saturated rings. The fourth-order valence-electron chi connectivity index (χ4n) is 1.83. The van der Waals surface area contributed by atoms with Gasteiger partial charge in [-0.1, -0.05) is 6.07 Å². The fourth-order valence-corrected chi connectivity index (χ4v) is 2.51. The third-order valence-electron chi connectivity index (χ3n) is 2.56. The molecule has 2 aromatic rings. The Bertz CT molecular complexity index is 569. The van der Waals surface area contributed by atoms with Crippen LogP contribution in [0.1, 0.15) is 5.56 Å². The lowest BCUT2D eigenvalue weighted by Crippen LogP contribution is -2.17. The lowest BCUT2D eigenvalue weighted by atomic mass is 10.1. The van der Waals surface area contributed by atoms with Crippen LogP contribution < -0.4 is 0 Å². The number of ether oxygens (including phenoxy) is 1. The zero-order valence-corrected chi connectivity index (χ0v) is 10.5. The number of hydrogen-bond donors (Lipinski definition) is 1. The van der Waals surface area contributed by atoms with Crippen molar-refractivity contribution in [2.24, 2.45) is 0 Å². The van der Waals surface area contributed by atoms with Crippen molar-refractivity contribution >= 4 is 27.2 Å². The number of nitrogens with zero attached hydrogens (tertiary/aromatic N) is 2. The topological polar surface area (TPSA) is 85.5 Å². The summed E-state index contributed by atoms with van der Waals surface area (Å²) in [5, 5.41) is 20.8. The second kappa shape index (κ2) is 5.38. The summed E-state index contributed by atoms with van der Waals surface area (Å²) in [6.07, 6.45) is -0.581. The lowest BCUT2D eigenvalue weighted by molar-refractivity contribution is -0.384. The summed E-state index contributed by atoms with van der Waals surface area (Å²) in [4.78, 5) is 14.7. The molecule has 0 saturated heterocycles. The van der Waals surface area contributed by atoms with Gasteiger partial charge in [-0.15, -0.1) is 11.3 Å². The van der Waals surface area contributed by atoms with Gasteiger partial charge in [0, 0.05) is 19.1 Å². The number of nitro groups is 1. The first-order chi connectivity index (χ1) is 8.63. The Morgan fingerprint density at radius 1 is 1.61 bits per heavy atom. The van der Waals surface area contributed by atoms with E-state index in [2.05, 4.69) is 4.98 Å². The van der Waals surface area contributed by atoms with Gasteiger partial charge in [0.05, 0.1) is 27.8 Å². The molecule has 96 valence electrons. The molecule has 1 N–H and O–H groups in total. The van der Waals surface area contributed by atoms with Crippen LogP contribution in [0.3, 0.4) is 0 Å². The van der Waals surface area contributed by atoms with E-state index in [0.717, 1.165) is 4.70 Å². The molecule has 18 heavy (non-hydrogen) atoms. The Kier molecular flexibility index (Phi) is 3.85. The van der Waals surface area contributed by atoms with Gasteiger partial charge in [0.2, 0.25) is 0 Å². The molecule has 1 atom stereocenters. The van der Waals surface area contributed by atoms with E-state index < -0.39 is 11.0 Å². The van der Waals surface area contributed by atoms with Gasteiger partial charge >= 0.3 is 0 Å². The Labute approximate surface area is 107 Å². The normalized spacial score (nSPS) is 12.8. The van der Waals surface area contributed by atoms with Crippen molar-refractivity contribution < 1.29 is 14.8 Å². The largest absolute Gasteiger partial charge is 0.390 e. The molecule has 0 saturated carbocycles. The molecule has 2 rings (SSSR count). The third kappa shape index (κ3) is 2.47. The van der Waals surface area contributed by atoms with Crippen molar-refractivity contribution in [3.8, 4) is 0 Å². The summed E-state index contributed by atoms with van der Waals surface area (Å²) in [6.45, 7) is 0.145. The van der Waals surface area contributed by atoms with Crippen molar-refractivity contribution in [3.63, 3.8) is 0 Å². The van der Waals surface area contributed by atoms with Gasteiger partial charge in [-0.3, -0.25) is 10.1 Å². The minimum Gasteiger partial charge on any atom is -0.390 e. The number of fused-ring (bicyclic) bond motifs is 1. The highest BCUT2D eigenvalue weighted by Gasteiger charge is 2.22. The molecule has 1 heterocycles. The summed E-state index contributed by atoms with van der Waals surface area (Å²) in [7, 11) is 1.47. The Morgan fingerprint density at radius 2 is 2.39 bits per heavy atom. The van der Waals surface area contributed by atoms with E-state index in [9.17, 15) is 15.2 Å². The highest BCUT2D eigenvalue weighted by atomic mass is 32.1. The minimum absolute atomic E-state index is 0.0242. The van der Waals surface area contributed by atoms with Gasteiger partial charge in [-0.05, 0) is 6.07 Å². The third-order valence-corrected chi connectivity index (χ3v) is 3.35. The fraction of sp³-hybridized carbons (Fsp3) is 0.364. The van der Waals surface area contributed by atoms with Gasteiger partial charge in [-0.2, -0.15) is 0 Å². The first kappa shape index (κ1) is 12.9. The van der Waals surface area contributed by atoms with E-state index in [1.165, 1.54) is 18.4 Å². The molecule has 0 aliphatic rings. The number of thiazole rings is 1. The van der Waals surface area contributed by atoms with Crippen molar-refractivity contribution in [2.75, 3.05) is 13.7 Å². The predicted molar refractivity (Wildman–Crippen MR) is 67.9 cm³/mol. The second-order valence-corrected chi connectivity index (χ2v) is 4.73. The van der Waals surface area contributed by atoms with E-state index in [1.54, 1.807) is 17.6 Å². The van der Waals surface area contributed by atoms with Crippen LogP contribution in [0, 0.1) is 10.1 Å². The number of nitro benzene ring substituents is 1. The van der Waals surface area contributed by atoms with Crippen LogP contribution in [0.15, 0.2) is 17.6 Å². The summed E-state index contributed by atoms with van der Waals surface area (Å²) >= 11 is 1.35. The SMILES string of the molecule is COCC(O)Cc1ccc2scnc2c1[N+](=O)[O-]. The van der Waals surface area contributed by atoms with Crippen LogP contribution in [0.5, 0.6) is 0 Å². The summed E-state index contributed by atoms with van der Waals surface area (Å²) < 4.78 is 5.59. The highest BCUT2D eigenvalue weighted by molar-refractivity contribution is 7.16. The van der Waals surface area contributed by atoms with Gasteiger partial charge < -0.3 is 9.84 Å². The zero-order chi connectivity index (χ0) is 13.1. The van der Waals surface area contributed by atoms with E-state index in [-0.39, 0.29) is 18.7 Å². The number of methoxy groups -OCH3 is 1. The predicted octanol–water partition coefficient (Wildman–Crippen LogP) is 1.75. The van der Waals surface area contributed by atoms with Crippen molar-refractivity contribution in [2.45, 2.75) is 12.5 Å². The van der Waals surface area contributed by atoms with Crippen molar-refractivity contribution in [1.82, 2.24) is 4.98 Å². The van der Waals surface area contributed by atoms with Crippen molar-refractivity contribution in [1.29, 1.82) is 0 Å². The minimum atomic E-state index is -0.759. The molecule has 1 aromatic heterocycles. The molecular weight excluding hydrogens is 256 g/mol. The van der Waals surface area contributed by atoms with Crippen molar-refractivity contribution in [3.05, 3.63) is 33.3 Å². The molecule has 1 unspecified atom stereocenters. The zero-order valence-electron chi connectivity index (χ0n) is 9.70. The van der Waals surface area contributed by atoms with E-state index in [0.29, 0.717) is 11.1 Å². The number of benzene rings is 1.